The van der Waals surface area contributed by atoms with Crippen LogP contribution in [-0.4, -0.2) is 73.8 Å². The molecule has 1 rings (SSSR count). The van der Waals surface area contributed by atoms with Gasteiger partial charge in [0.2, 0.25) is 24.1 Å². The topological polar surface area (TPSA) is 181 Å². The number of hydrogen-bond donors (Lipinski definition) is 0. The summed E-state index contributed by atoms with van der Waals surface area (Å²) in [5.41, 5.74) is 0. The lowest BCUT2D eigenvalue weighted by molar-refractivity contribution is -0.693. The van der Waals surface area contributed by atoms with Gasteiger partial charge in [0.05, 0.1) is 38.1 Å². The van der Waals surface area contributed by atoms with Gasteiger partial charge in [-0.3, -0.25) is 19.4 Å². The van der Waals surface area contributed by atoms with Crippen molar-refractivity contribution in [1.82, 2.24) is 19.8 Å². The first-order valence-electron chi connectivity index (χ1n) is 7.77. The van der Waals surface area contributed by atoms with Crippen molar-refractivity contribution < 1.29 is 19.7 Å². The number of nitrogens with zero attached hydrogens (tertiary/aromatic N) is 8. The number of hydrazine groups is 2. The van der Waals surface area contributed by atoms with Crippen LogP contribution in [0.25, 0.3) is 0 Å². The average molecular weight is 382 g/mol. The van der Waals surface area contributed by atoms with Crippen molar-refractivity contribution in [3.05, 3.63) is 20.2 Å². The number of hydrogen-bond acceptors (Lipinski definition) is 8. The van der Waals surface area contributed by atoms with Gasteiger partial charge < -0.3 is 0 Å². The van der Waals surface area contributed by atoms with E-state index in [9.17, 15) is 29.8 Å². The molecule has 14 heteroatoms. The molecule has 0 N–H and O–H groups in total. The summed E-state index contributed by atoms with van der Waals surface area (Å²) in [6.45, 7) is 1.01. The van der Waals surface area contributed by atoms with E-state index in [1.165, 1.54) is 0 Å². The Hall–Kier alpha value is -3.68. The maximum absolute atomic E-state index is 12.0. The summed E-state index contributed by atoms with van der Waals surface area (Å²) in [4.78, 5) is 49.0. The van der Waals surface area contributed by atoms with Gasteiger partial charge in [-0.1, -0.05) is 0 Å². The second-order valence-electron chi connectivity index (χ2n) is 5.56. The number of carbonyl (C=O) groups excluding carboxylic acids is 2. The average Bonchev–Trinajstić information content (AvgIpc) is 2.95. The van der Waals surface area contributed by atoms with Crippen LogP contribution in [0.15, 0.2) is 0 Å². The minimum Gasteiger partial charge on any atom is -0.296 e. The van der Waals surface area contributed by atoms with Gasteiger partial charge in [0.1, 0.15) is 6.67 Å². The molecule has 27 heavy (non-hydrogen) atoms. The SMILES string of the molecule is CC(=O)N1CN(C(C)=O)[C@H](N(CCC#N)[N+](=O)[O-])[C@H]1N(CCC#N)[N+](=O)[O-]. The molecule has 0 aromatic heterocycles. The van der Waals surface area contributed by atoms with Crippen molar-refractivity contribution >= 4 is 11.8 Å². The molecule has 1 fully saturated rings. The van der Waals surface area contributed by atoms with E-state index in [1.807, 2.05) is 0 Å². The third-order valence-electron chi connectivity index (χ3n) is 3.95. The first-order chi connectivity index (χ1) is 12.7. The molecule has 0 aromatic rings. The van der Waals surface area contributed by atoms with Crippen molar-refractivity contribution in [1.29, 1.82) is 10.5 Å². The number of amides is 2. The zero-order valence-electron chi connectivity index (χ0n) is 14.7. The monoisotopic (exact) mass is 382 g/mol. The van der Waals surface area contributed by atoms with E-state index in [0.29, 0.717) is 10.0 Å². The first-order valence-corrected chi connectivity index (χ1v) is 7.77. The van der Waals surface area contributed by atoms with Gasteiger partial charge in [0.25, 0.3) is 0 Å². The predicted octanol–water partition coefficient (Wildman–Crippen LogP) is -0.879. The van der Waals surface area contributed by atoms with E-state index < -0.39 is 54.0 Å². The van der Waals surface area contributed by atoms with Crippen LogP contribution >= 0.6 is 0 Å². The summed E-state index contributed by atoms with van der Waals surface area (Å²) in [5, 5.41) is 39.9. The normalized spacial score (nSPS) is 18.4. The second-order valence-corrected chi connectivity index (χ2v) is 5.56. The van der Waals surface area contributed by atoms with Gasteiger partial charge in [-0.05, 0) is 0 Å². The van der Waals surface area contributed by atoms with E-state index in [0.717, 1.165) is 23.6 Å². The summed E-state index contributed by atoms with van der Waals surface area (Å²) in [7, 11) is 0. The number of nitriles is 2. The summed E-state index contributed by atoms with van der Waals surface area (Å²) in [6, 6.07) is 3.47. The molecule has 146 valence electrons. The summed E-state index contributed by atoms with van der Waals surface area (Å²) in [6.07, 6.45) is -3.54. The van der Waals surface area contributed by atoms with Crippen molar-refractivity contribution in [3.63, 3.8) is 0 Å². The van der Waals surface area contributed by atoms with E-state index in [1.54, 1.807) is 12.1 Å². The van der Waals surface area contributed by atoms with Gasteiger partial charge in [0, 0.05) is 13.8 Å². The van der Waals surface area contributed by atoms with Crippen LogP contribution in [0, 0.1) is 42.9 Å². The fourth-order valence-corrected chi connectivity index (χ4v) is 2.80. The molecule has 14 nitrogen and oxygen atoms in total. The van der Waals surface area contributed by atoms with Crippen LogP contribution in [-0.2, 0) is 9.59 Å². The summed E-state index contributed by atoms with van der Waals surface area (Å²) >= 11 is 0. The van der Waals surface area contributed by atoms with Crippen molar-refractivity contribution in [3.8, 4) is 12.1 Å². The van der Waals surface area contributed by atoms with Crippen LogP contribution in [0.4, 0.5) is 0 Å². The molecule has 0 radical (unpaired) electrons. The highest BCUT2D eigenvalue weighted by molar-refractivity contribution is 5.78. The fraction of sp³-hybridized carbons (Fsp3) is 0.692. The van der Waals surface area contributed by atoms with Gasteiger partial charge >= 0.3 is 0 Å². The lowest BCUT2D eigenvalue weighted by atomic mass is 10.2. The van der Waals surface area contributed by atoms with Crippen LogP contribution < -0.4 is 0 Å². The van der Waals surface area contributed by atoms with Crippen LogP contribution in [0.1, 0.15) is 26.7 Å². The molecule has 0 spiro atoms. The van der Waals surface area contributed by atoms with Gasteiger partial charge in [0.15, 0.2) is 10.1 Å². The first kappa shape index (κ1) is 21.4. The highest BCUT2D eigenvalue weighted by atomic mass is 16.7. The molecule has 1 aliphatic rings. The molecule has 0 unspecified atom stereocenters. The lowest BCUT2D eigenvalue weighted by Crippen LogP contribution is -2.61. The maximum Gasteiger partial charge on any atom is 0.222 e. The van der Waals surface area contributed by atoms with E-state index in [-0.39, 0.29) is 12.8 Å². The molecule has 0 aliphatic carbocycles. The molecular weight excluding hydrogens is 364 g/mol. The Labute approximate surface area is 154 Å². The minimum absolute atomic E-state index is 0.271. The van der Waals surface area contributed by atoms with Crippen molar-refractivity contribution in [2.45, 2.75) is 39.0 Å². The zero-order chi connectivity index (χ0) is 20.7. The summed E-state index contributed by atoms with van der Waals surface area (Å²) in [5.74, 6) is -1.28. The Morgan fingerprint density at radius 3 is 1.52 bits per heavy atom. The molecule has 0 aromatic carbocycles. The number of rotatable bonds is 8. The summed E-state index contributed by atoms with van der Waals surface area (Å²) < 4.78 is 0. The Morgan fingerprint density at radius 2 is 1.30 bits per heavy atom. The zero-order valence-corrected chi connectivity index (χ0v) is 14.7. The second kappa shape index (κ2) is 9.14. The molecule has 1 aliphatic heterocycles. The van der Waals surface area contributed by atoms with E-state index >= 15 is 0 Å². The highest BCUT2D eigenvalue weighted by Gasteiger charge is 2.55. The van der Waals surface area contributed by atoms with Crippen molar-refractivity contribution in [2.24, 2.45) is 0 Å². The maximum atomic E-state index is 12.0. The third-order valence-corrected chi connectivity index (χ3v) is 3.95. The van der Waals surface area contributed by atoms with E-state index in [4.69, 9.17) is 10.5 Å². The quantitative estimate of drug-likeness (QED) is 0.377. The highest BCUT2D eigenvalue weighted by Crippen LogP contribution is 2.28. The minimum atomic E-state index is -1.50. The third kappa shape index (κ3) is 4.69. The predicted molar refractivity (Wildman–Crippen MR) is 85.3 cm³/mol. The molecular formula is C13H18N8O6. The van der Waals surface area contributed by atoms with Gasteiger partial charge in [-0.15, -0.1) is 10.0 Å². The Morgan fingerprint density at radius 1 is 0.963 bits per heavy atom. The van der Waals surface area contributed by atoms with Crippen LogP contribution in [0.5, 0.6) is 0 Å². The van der Waals surface area contributed by atoms with Crippen LogP contribution in [0.2, 0.25) is 0 Å². The Kier molecular flexibility index (Phi) is 7.23. The smallest absolute Gasteiger partial charge is 0.222 e. The van der Waals surface area contributed by atoms with Gasteiger partial charge in [-0.2, -0.15) is 10.5 Å². The van der Waals surface area contributed by atoms with E-state index in [2.05, 4.69) is 0 Å². The number of nitro groups is 2. The number of carbonyl (C=O) groups is 2. The molecule has 1 heterocycles. The molecule has 0 bridgehead atoms. The standard InChI is InChI=1S/C13H18N8O6/c1-10(22)16-9-17(11(2)23)13(19(21(26)27)8-4-6-15)12(16)18(20(24)25)7-3-5-14/h12-13H,3-4,7-9H2,1-2H3/t12-,13-/m1/s1. The van der Waals surface area contributed by atoms with Gasteiger partial charge in [-0.25, -0.2) is 20.2 Å². The molecule has 2 amide bonds. The molecule has 2 atom stereocenters. The molecule has 1 saturated heterocycles. The lowest BCUT2D eigenvalue weighted by Gasteiger charge is -2.33. The van der Waals surface area contributed by atoms with Crippen LogP contribution in [0.3, 0.4) is 0 Å². The molecule has 0 saturated carbocycles. The Bertz CT molecular complexity index is 642. The Balaban J connectivity index is 3.49. The largest absolute Gasteiger partial charge is 0.296 e. The fourth-order valence-electron chi connectivity index (χ4n) is 2.80. The van der Waals surface area contributed by atoms with Crippen molar-refractivity contribution in [2.75, 3.05) is 19.8 Å².